The Balaban J connectivity index is 1.93. The normalized spacial score (nSPS) is 10.6. The molecule has 0 bridgehead atoms. The fourth-order valence-electron chi connectivity index (χ4n) is 2.55. The zero-order chi connectivity index (χ0) is 19.5. The van der Waals surface area contributed by atoms with Gasteiger partial charge in [0.2, 0.25) is 11.8 Å². The third kappa shape index (κ3) is 6.99. The van der Waals surface area contributed by atoms with Crippen LogP contribution in [0.15, 0.2) is 30.5 Å². The zero-order valence-electron chi connectivity index (χ0n) is 15.2. The molecular formula is C18H25ClN6O2. The van der Waals surface area contributed by atoms with Crippen LogP contribution in [0.5, 0.6) is 0 Å². The van der Waals surface area contributed by atoms with Gasteiger partial charge in [0.15, 0.2) is 0 Å². The van der Waals surface area contributed by atoms with E-state index in [0.29, 0.717) is 24.1 Å². The van der Waals surface area contributed by atoms with E-state index >= 15 is 0 Å². The Labute approximate surface area is 163 Å². The molecule has 8 nitrogen and oxygen atoms in total. The first kappa shape index (κ1) is 20.9. The minimum atomic E-state index is -0.485. The first-order valence-corrected chi connectivity index (χ1v) is 9.42. The van der Waals surface area contributed by atoms with Gasteiger partial charge >= 0.3 is 5.69 Å². The van der Waals surface area contributed by atoms with E-state index in [1.54, 1.807) is 6.07 Å². The lowest BCUT2D eigenvalue weighted by molar-refractivity contribution is -0.384. The number of aromatic nitrogens is 2. The molecule has 0 radical (unpaired) electrons. The van der Waals surface area contributed by atoms with Crippen molar-refractivity contribution in [2.24, 2.45) is 5.73 Å². The van der Waals surface area contributed by atoms with Gasteiger partial charge in [-0.3, -0.25) is 10.1 Å². The summed E-state index contributed by atoms with van der Waals surface area (Å²) >= 11 is 6.13. The van der Waals surface area contributed by atoms with E-state index in [2.05, 4.69) is 20.6 Å². The van der Waals surface area contributed by atoms with Gasteiger partial charge in [0.25, 0.3) is 0 Å². The third-order valence-electron chi connectivity index (χ3n) is 4.03. The number of unbranched alkanes of at least 4 members (excludes halogenated alkanes) is 4. The number of halogens is 1. The quantitative estimate of drug-likeness (QED) is 0.284. The maximum Gasteiger partial charge on any atom is 0.329 e. The minimum Gasteiger partial charge on any atom is -0.364 e. The number of nitrogens with zero attached hydrogens (tertiary/aromatic N) is 3. The molecule has 0 saturated heterocycles. The Morgan fingerprint density at radius 1 is 1.11 bits per heavy atom. The van der Waals surface area contributed by atoms with Crippen LogP contribution in [0.25, 0.3) is 0 Å². The molecule has 0 spiro atoms. The van der Waals surface area contributed by atoms with Crippen molar-refractivity contribution >= 4 is 29.1 Å². The Morgan fingerprint density at radius 2 is 1.85 bits per heavy atom. The van der Waals surface area contributed by atoms with Gasteiger partial charge in [-0.05, 0) is 31.0 Å². The summed E-state index contributed by atoms with van der Waals surface area (Å²) in [5.74, 6) is 0.532. The van der Waals surface area contributed by atoms with Crippen LogP contribution in [-0.4, -0.2) is 28.0 Å². The Kier molecular flexibility index (Phi) is 8.73. The molecule has 0 aliphatic heterocycles. The molecule has 0 saturated carbocycles. The minimum absolute atomic E-state index is 0.138. The van der Waals surface area contributed by atoms with Gasteiger partial charge in [0, 0.05) is 18.1 Å². The lowest BCUT2D eigenvalue weighted by Gasteiger charge is -2.10. The lowest BCUT2D eigenvalue weighted by Crippen LogP contribution is -2.10. The van der Waals surface area contributed by atoms with Gasteiger partial charge in [-0.2, -0.15) is 4.98 Å². The highest BCUT2D eigenvalue weighted by atomic mass is 35.5. The van der Waals surface area contributed by atoms with Crippen LogP contribution in [0, 0.1) is 10.1 Å². The first-order chi connectivity index (χ1) is 13.1. The van der Waals surface area contributed by atoms with Crippen molar-refractivity contribution in [3.8, 4) is 0 Å². The maximum atomic E-state index is 11.2. The molecule has 9 heteroatoms. The number of hydrogen-bond acceptors (Lipinski definition) is 7. The molecule has 2 rings (SSSR count). The van der Waals surface area contributed by atoms with Gasteiger partial charge in [0.1, 0.15) is 6.20 Å². The lowest BCUT2D eigenvalue weighted by atomic mass is 10.1. The summed E-state index contributed by atoms with van der Waals surface area (Å²) in [6, 6.07) is 7.44. The summed E-state index contributed by atoms with van der Waals surface area (Å²) in [5, 5.41) is 17.9. The number of nitrogens with two attached hydrogens (primary N) is 1. The van der Waals surface area contributed by atoms with E-state index in [-0.39, 0.29) is 11.5 Å². The summed E-state index contributed by atoms with van der Waals surface area (Å²) in [5.41, 5.74) is 6.23. The maximum absolute atomic E-state index is 11.2. The molecule has 0 aliphatic carbocycles. The van der Waals surface area contributed by atoms with E-state index in [1.165, 1.54) is 6.20 Å². The molecule has 146 valence electrons. The highest BCUT2D eigenvalue weighted by molar-refractivity contribution is 6.31. The van der Waals surface area contributed by atoms with E-state index in [4.69, 9.17) is 17.3 Å². The molecule has 27 heavy (non-hydrogen) atoms. The molecule has 0 atom stereocenters. The Hall–Kier alpha value is -2.45. The summed E-state index contributed by atoms with van der Waals surface area (Å²) in [6.45, 7) is 1.76. The molecular weight excluding hydrogens is 368 g/mol. The second-order valence-electron chi connectivity index (χ2n) is 6.11. The van der Waals surface area contributed by atoms with Crippen molar-refractivity contribution in [1.82, 2.24) is 9.97 Å². The van der Waals surface area contributed by atoms with Crippen molar-refractivity contribution in [3.63, 3.8) is 0 Å². The standard InChI is InChI=1S/C18H25ClN6O2/c19-15-9-5-4-8-14(15)12-22-18-23-13-16(25(26)27)17(24-18)21-11-7-3-1-2-6-10-20/h4-5,8-9,13H,1-3,6-7,10-12,20H2,(H2,21,22,23,24). The van der Waals surface area contributed by atoms with Crippen molar-refractivity contribution in [3.05, 3.63) is 51.2 Å². The summed E-state index contributed by atoms with van der Waals surface area (Å²) in [6.07, 6.45) is 6.42. The van der Waals surface area contributed by atoms with Gasteiger partial charge in [-0.15, -0.1) is 0 Å². The third-order valence-corrected chi connectivity index (χ3v) is 4.40. The first-order valence-electron chi connectivity index (χ1n) is 9.04. The summed E-state index contributed by atoms with van der Waals surface area (Å²) < 4.78 is 0. The molecule has 0 fully saturated rings. The highest BCUT2D eigenvalue weighted by Gasteiger charge is 2.17. The average Bonchev–Trinajstić information content (AvgIpc) is 2.66. The Bertz CT molecular complexity index is 744. The number of hydrogen-bond donors (Lipinski definition) is 3. The number of nitrogens with one attached hydrogen (secondary N) is 2. The SMILES string of the molecule is NCCCCCCCNc1nc(NCc2ccccc2Cl)ncc1[N+](=O)[O-]. The van der Waals surface area contributed by atoms with Crippen molar-refractivity contribution in [2.45, 2.75) is 38.6 Å². The van der Waals surface area contributed by atoms with E-state index in [0.717, 1.165) is 44.2 Å². The van der Waals surface area contributed by atoms with Crippen LogP contribution in [0.2, 0.25) is 5.02 Å². The van der Waals surface area contributed by atoms with Gasteiger partial charge in [0.05, 0.1) is 4.92 Å². The molecule has 0 aliphatic rings. The molecule has 0 amide bonds. The fourth-order valence-corrected chi connectivity index (χ4v) is 2.75. The largest absolute Gasteiger partial charge is 0.364 e. The van der Waals surface area contributed by atoms with Crippen LogP contribution >= 0.6 is 11.6 Å². The number of anilines is 2. The average molecular weight is 393 g/mol. The van der Waals surface area contributed by atoms with Crippen molar-refractivity contribution in [1.29, 1.82) is 0 Å². The van der Waals surface area contributed by atoms with Crippen LogP contribution in [0.1, 0.15) is 37.7 Å². The van der Waals surface area contributed by atoms with Crippen LogP contribution in [0.3, 0.4) is 0 Å². The van der Waals surface area contributed by atoms with Crippen LogP contribution in [0.4, 0.5) is 17.5 Å². The molecule has 0 unspecified atom stereocenters. The molecule has 1 heterocycles. The summed E-state index contributed by atoms with van der Waals surface area (Å²) in [7, 11) is 0. The van der Waals surface area contributed by atoms with Gasteiger partial charge in [-0.1, -0.05) is 49.1 Å². The molecule has 4 N–H and O–H groups in total. The van der Waals surface area contributed by atoms with Crippen molar-refractivity contribution < 1.29 is 4.92 Å². The van der Waals surface area contributed by atoms with Crippen LogP contribution < -0.4 is 16.4 Å². The zero-order valence-corrected chi connectivity index (χ0v) is 15.9. The predicted molar refractivity (Wildman–Crippen MR) is 108 cm³/mol. The van der Waals surface area contributed by atoms with Gasteiger partial charge < -0.3 is 16.4 Å². The van der Waals surface area contributed by atoms with E-state index < -0.39 is 4.92 Å². The van der Waals surface area contributed by atoms with Crippen LogP contribution in [-0.2, 0) is 6.54 Å². The Morgan fingerprint density at radius 3 is 2.59 bits per heavy atom. The highest BCUT2D eigenvalue weighted by Crippen LogP contribution is 2.23. The van der Waals surface area contributed by atoms with Crippen molar-refractivity contribution in [2.75, 3.05) is 23.7 Å². The second kappa shape index (κ2) is 11.3. The van der Waals surface area contributed by atoms with E-state index in [1.807, 2.05) is 18.2 Å². The van der Waals surface area contributed by atoms with E-state index in [9.17, 15) is 10.1 Å². The smallest absolute Gasteiger partial charge is 0.329 e. The molecule has 1 aromatic carbocycles. The predicted octanol–water partition coefficient (Wildman–Crippen LogP) is 3.97. The fraction of sp³-hybridized carbons (Fsp3) is 0.444. The topological polar surface area (TPSA) is 119 Å². The molecule has 1 aromatic heterocycles. The number of rotatable bonds is 12. The van der Waals surface area contributed by atoms with Gasteiger partial charge in [-0.25, -0.2) is 4.98 Å². The number of benzene rings is 1. The second-order valence-corrected chi connectivity index (χ2v) is 6.52. The molecule has 2 aromatic rings. The monoisotopic (exact) mass is 392 g/mol. The summed E-state index contributed by atoms with van der Waals surface area (Å²) in [4.78, 5) is 19.0. The number of nitro groups is 1.